The molecule has 300 valence electrons. The second kappa shape index (κ2) is 15.0. The first-order chi connectivity index (χ1) is 33.7. The summed E-state index contributed by atoms with van der Waals surface area (Å²) in [6, 6.07) is 29.0. The van der Waals surface area contributed by atoms with Crippen molar-refractivity contribution in [2.24, 2.45) is 0 Å². The van der Waals surface area contributed by atoms with Crippen LogP contribution in [0.2, 0.25) is 0 Å². The van der Waals surface area contributed by atoms with Crippen LogP contribution in [-0.4, -0.2) is 16.2 Å². The summed E-state index contributed by atoms with van der Waals surface area (Å²) >= 11 is 0. The average Bonchev–Trinajstić information content (AvgIpc) is 3.90. The third kappa shape index (κ3) is 6.67. The van der Waals surface area contributed by atoms with Gasteiger partial charge in [-0.05, 0) is 138 Å². The largest absolute Gasteiger partial charge is 0.321 e. The molecule has 4 heteroatoms. The van der Waals surface area contributed by atoms with Crippen LogP contribution >= 0.6 is 0 Å². The molecule has 2 aromatic heterocycles. The second-order valence-corrected chi connectivity index (χ2v) is 17.2. The summed E-state index contributed by atoms with van der Waals surface area (Å²) in [6.45, 7) is 14.4. The zero-order valence-corrected chi connectivity index (χ0v) is 35.5. The lowest BCUT2D eigenvalue weighted by Crippen LogP contribution is -2.25. The third-order valence-corrected chi connectivity index (χ3v) is 12.3. The van der Waals surface area contributed by atoms with Crippen molar-refractivity contribution in [2.45, 2.75) is 60.3 Å². The van der Waals surface area contributed by atoms with Gasteiger partial charge >= 0.3 is 0 Å². The van der Waals surface area contributed by atoms with Crippen molar-refractivity contribution in [3.05, 3.63) is 203 Å². The average molecular weight is 803 g/mol. The number of benzene rings is 7. The van der Waals surface area contributed by atoms with Crippen LogP contribution < -0.4 is 9.80 Å². The molecule has 0 N–H and O–H groups in total. The lowest BCUT2D eigenvalue weighted by molar-refractivity contribution is 0.588. The lowest BCUT2D eigenvalue weighted by Gasteiger charge is -2.31. The van der Waals surface area contributed by atoms with E-state index in [0.717, 1.165) is 61.4 Å². The van der Waals surface area contributed by atoms with Crippen molar-refractivity contribution in [2.75, 3.05) is 16.5 Å². The zero-order chi connectivity index (χ0) is 50.7. The first kappa shape index (κ1) is 28.5. The van der Waals surface area contributed by atoms with Gasteiger partial charge in [0.25, 0.3) is 0 Å². The summed E-state index contributed by atoms with van der Waals surface area (Å²) in [4.78, 5) is 9.06. The molecule has 9 aromatic rings. The number of aryl methyl sites for hydroxylation is 1. The molecule has 0 aliphatic carbocycles. The molecular formula is C57H52N4. The first-order valence-electron chi connectivity index (χ1n) is 25.7. The molecular weight excluding hydrogens is 741 g/mol. The van der Waals surface area contributed by atoms with Gasteiger partial charge in [0.1, 0.15) is 12.5 Å². The van der Waals surface area contributed by atoms with E-state index in [9.17, 15) is 5.48 Å². The highest BCUT2D eigenvalue weighted by Crippen LogP contribution is 2.53. The number of para-hydroxylation sites is 3. The van der Waals surface area contributed by atoms with Crippen molar-refractivity contribution in [3.8, 4) is 28.1 Å². The van der Waals surface area contributed by atoms with Crippen molar-refractivity contribution in [3.63, 3.8) is 0 Å². The fourth-order valence-electron chi connectivity index (χ4n) is 9.11. The topological polar surface area (TPSA) is 24.3 Å². The molecule has 7 aromatic carbocycles. The number of hydrogen-bond donors (Lipinski definition) is 0. The SMILES string of the molecule is [2H]c1c([2H])c([2H])c(-c2c(C)c(C)c(C)c(-c3c([2H])c([2H])c([2H])c([2H])c3[2H])c2N2CN(c3cc(C)cc(Cc4ccc5c6ccccc6n(-c6cc(C(C)(C)C)ccn6)c5c4)c3)c3ccccc32)c([2H])c1[2H]. The van der Waals surface area contributed by atoms with E-state index < -0.39 is 60.4 Å². The van der Waals surface area contributed by atoms with Crippen LogP contribution in [0.4, 0.5) is 22.7 Å². The van der Waals surface area contributed by atoms with Gasteiger partial charge in [-0.2, -0.15) is 0 Å². The Kier molecular flexibility index (Phi) is 7.00. The molecule has 10 rings (SSSR count). The Hall–Kier alpha value is -6.91. The Bertz CT molecular complexity index is 3570. The van der Waals surface area contributed by atoms with Gasteiger partial charge in [0.05, 0.1) is 41.8 Å². The number of nitrogens with zero attached hydrogens (tertiary/aromatic N) is 4. The number of hydrogen-bond acceptors (Lipinski definition) is 3. The summed E-state index contributed by atoms with van der Waals surface area (Å²) in [7, 11) is 0. The smallest absolute Gasteiger partial charge is 0.137 e. The molecule has 0 bridgehead atoms. The monoisotopic (exact) mass is 802 g/mol. The van der Waals surface area contributed by atoms with E-state index in [4.69, 9.17) is 13.2 Å². The summed E-state index contributed by atoms with van der Waals surface area (Å²) < 4.78 is 91.3. The van der Waals surface area contributed by atoms with E-state index in [1.54, 1.807) is 0 Å². The Morgan fingerprint density at radius 1 is 0.590 bits per heavy atom. The number of anilines is 4. The van der Waals surface area contributed by atoms with Gasteiger partial charge < -0.3 is 9.80 Å². The van der Waals surface area contributed by atoms with Crippen LogP contribution in [0, 0.1) is 27.7 Å². The van der Waals surface area contributed by atoms with Gasteiger partial charge in [-0.1, -0.05) is 130 Å². The molecule has 4 nitrogen and oxygen atoms in total. The predicted octanol–water partition coefficient (Wildman–Crippen LogP) is 14.9. The molecule has 0 radical (unpaired) electrons. The fraction of sp³-hybridized carbons (Fsp3) is 0.175. The summed E-state index contributed by atoms with van der Waals surface area (Å²) in [6.07, 6.45) is 2.51. The maximum atomic E-state index is 9.27. The zero-order valence-electron chi connectivity index (χ0n) is 45.5. The molecule has 1 aliphatic rings. The molecule has 0 saturated carbocycles. The molecule has 0 spiro atoms. The maximum absolute atomic E-state index is 9.27. The number of aromatic nitrogens is 2. The predicted molar refractivity (Wildman–Crippen MR) is 258 cm³/mol. The van der Waals surface area contributed by atoms with E-state index in [1.165, 1.54) is 5.56 Å². The van der Waals surface area contributed by atoms with E-state index in [-0.39, 0.29) is 23.2 Å². The fourth-order valence-corrected chi connectivity index (χ4v) is 9.11. The highest BCUT2D eigenvalue weighted by molar-refractivity contribution is 6.09. The van der Waals surface area contributed by atoms with Crippen LogP contribution in [0.15, 0.2) is 164 Å². The first-order valence-corrected chi connectivity index (χ1v) is 20.7. The van der Waals surface area contributed by atoms with Gasteiger partial charge in [0.2, 0.25) is 0 Å². The third-order valence-electron chi connectivity index (χ3n) is 12.3. The van der Waals surface area contributed by atoms with Crippen molar-refractivity contribution in [1.82, 2.24) is 9.55 Å². The van der Waals surface area contributed by atoms with Crippen LogP contribution in [0.3, 0.4) is 0 Å². The van der Waals surface area contributed by atoms with Gasteiger partial charge in [-0.25, -0.2) is 4.98 Å². The molecule has 61 heavy (non-hydrogen) atoms. The molecule has 0 atom stereocenters. The van der Waals surface area contributed by atoms with Gasteiger partial charge in [0.15, 0.2) is 0 Å². The van der Waals surface area contributed by atoms with Crippen molar-refractivity contribution in [1.29, 1.82) is 0 Å². The van der Waals surface area contributed by atoms with Crippen LogP contribution in [0.5, 0.6) is 0 Å². The number of fused-ring (bicyclic) bond motifs is 4. The molecule has 0 fully saturated rings. The number of rotatable bonds is 7. The van der Waals surface area contributed by atoms with Gasteiger partial charge in [-0.3, -0.25) is 4.57 Å². The second-order valence-electron chi connectivity index (χ2n) is 17.2. The van der Waals surface area contributed by atoms with Crippen LogP contribution in [0.25, 0.3) is 49.9 Å². The molecule has 3 heterocycles. The Labute approximate surface area is 374 Å². The van der Waals surface area contributed by atoms with E-state index in [1.807, 2.05) is 56.1 Å². The highest BCUT2D eigenvalue weighted by atomic mass is 15.4. The highest BCUT2D eigenvalue weighted by Gasteiger charge is 2.33. The minimum Gasteiger partial charge on any atom is -0.321 e. The van der Waals surface area contributed by atoms with Crippen molar-refractivity contribution >= 4 is 44.6 Å². The molecule has 0 unspecified atom stereocenters. The quantitative estimate of drug-likeness (QED) is 0.160. The summed E-state index contributed by atoms with van der Waals surface area (Å²) in [5, 5.41) is 2.29. The normalized spacial score (nSPS) is 15.1. The molecule has 0 amide bonds. The minimum atomic E-state index is -0.532. The summed E-state index contributed by atoms with van der Waals surface area (Å²) in [5.74, 6) is 0.860. The van der Waals surface area contributed by atoms with Gasteiger partial charge in [-0.15, -0.1) is 0 Å². The van der Waals surface area contributed by atoms with Gasteiger partial charge in [0, 0.05) is 33.8 Å². The molecule has 1 aliphatic heterocycles. The maximum Gasteiger partial charge on any atom is 0.137 e. The van der Waals surface area contributed by atoms with E-state index >= 15 is 0 Å². The Balaban J connectivity index is 1.15. The Morgan fingerprint density at radius 2 is 1.21 bits per heavy atom. The lowest BCUT2D eigenvalue weighted by atomic mass is 9.85. The Morgan fingerprint density at radius 3 is 1.89 bits per heavy atom. The van der Waals surface area contributed by atoms with Crippen LogP contribution in [-0.2, 0) is 11.8 Å². The number of pyridine rings is 1. The van der Waals surface area contributed by atoms with E-state index in [2.05, 4.69) is 110 Å². The molecule has 0 saturated heterocycles. The van der Waals surface area contributed by atoms with E-state index in [0.29, 0.717) is 39.9 Å². The minimum absolute atomic E-state index is 0.0392. The standard InChI is InChI=1S/C57H52N4/c1-37-30-42(32-41-26-27-48-47-22-14-15-23-49(47)61(52(48)34-41)53-35-45(28-29-58-53)57(5,6)7)33-46(31-37)59-36-60(51-25-17-16-24-50(51)59)56-54(43-18-10-8-11-19-43)39(3)38(2)40(4)55(56)44-20-12-9-13-21-44/h8-31,33-35H,32,36H2,1-7H3/i8D,9D,10D,11D,12D,13D,18D,19D,20D,21D. The van der Waals surface area contributed by atoms with Crippen LogP contribution in [0.1, 0.15) is 73.4 Å². The van der Waals surface area contributed by atoms with Crippen molar-refractivity contribution < 1.29 is 13.7 Å². The summed E-state index contributed by atoms with van der Waals surface area (Å²) in [5.41, 5.74) is 11.8.